The standard InChI is InChI=1S/C8H8FNO2/c1-5(8(11)12)7-6(9)3-2-4-10-7/h2-5H,1H3,(H,11,12)/p-1. The van der Waals surface area contributed by atoms with Crippen LogP contribution >= 0.6 is 0 Å². The molecule has 0 aliphatic heterocycles. The van der Waals surface area contributed by atoms with Crippen LogP contribution in [0, 0.1) is 5.82 Å². The Bertz CT molecular complexity index is 301. The van der Waals surface area contributed by atoms with Crippen molar-refractivity contribution < 1.29 is 14.3 Å². The summed E-state index contributed by atoms with van der Waals surface area (Å²) in [6, 6.07) is 2.57. The molecular formula is C8H7FNO2-. The monoisotopic (exact) mass is 168 g/mol. The van der Waals surface area contributed by atoms with Gasteiger partial charge in [0.15, 0.2) is 0 Å². The molecule has 1 aromatic heterocycles. The summed E-state index contributed by atoms with van der Waals surface area (Å²) >= 11 is 0. The minimum absolute atomic E-state index is 0.0856. The number of nitrogens with zero attached hydrogens (tertiary/aromatic N) is 1. The Morgan fingerprint density at radius 3 is 2.92 bits per heavy atom. The zero-order valence-electron chi connectivity index (χ0n) is 6.45. The van der Waals surface area contributed by atoms with Gasteiger partial charge in [-0.05, 0) is 12.1 Å². The number of hydrogen-bond donors (Lipinski definition) is 0. The van der Waals surface area contributed by atoms with Gasteiger partial charge in [-0.1, -0.05) is 6.92 Å². The van der Waals surface area contributed by atoms with E-state index in [-0.39, 0.29) is 5.69 Å². The smallest absolute Gasteiger partial charge is 0.145 e. The molecule has 1 rings (SSSR count). The van der Waals surface area contributed by atoms with Gasteiger partial charge in [0.2, 0.25) is 0 Å². The summed E-state index contributed by atoms with van der Waals surface area (Å²) in [5.74, 6) is -2.95. The predicted octanol–water partition coefficient (Wildman–Crippen LogP) is 0.0741. The largest absolute Gasteiger partial charge is 0.549 e. The van der Waals surface area contributed by atoms with Gasteiger partial charge >= 0.3 is 0 Å². The van der Waals surface area contributed by atoms with E-state index in [1.807, 2.05) is 0 Å². The lowest BCUT2D eigenvalue weighted by molar-refractivity contribution is -0.307. The van der Waals surface area contributed by atoms with Crippen molar-refractivity contribution in [2.24, 2.45) is 0 Å². The van der Waals surface area contributed by atoms with Gasteiger partial charge in [0.05, 0.1) is 11.7 Å². The van der Waals surface area contributed by atoms with E-state index < -0.39 is 17.7 Å². The molecule has 0 fully saturated rings. The lowest BCUT2D eigenvalue weighted by Gasteiger charge is -2.11. The molecule has 0 aliphatic rings. The maximum atomic E-state index is 12.8. The molecule has 0 spiro atoms. The van der Waals surface area contributed by atoms with Gasteiger partial charge in [0.25, 0.3) is 0 Å². The maximum absolute atomic E-state index is 12.8. The van der Waals surface area contributed by atoms with Crippen molar-refractivity contribution in [3.63, 3.8) is 0 Å². The summed E-state index contributed by atoms with van der Waals surface area (Å²) in [6.45, 7) is 1.33. The van der Waals surface area contributed by atoms with Crippen LogP contribution in [0.5, 0.6) is 0 Å². The van der Waals surface area contributed by atoms with Crippen molar-refractivity contribution in [2.75, 3.05) is 0 Å². The molecular weight excluding hydrogens is 161 g/mol. The minimum Gasteiger partial charge on any atom is -0.549 e. The van der Waals surface area contributed by atoms with Crippen molar-refractivity contribution in [1.82, 2.24) is 4.98 Å². The van der Waals surface area contributed by atoms with E-state index >= 15 is 0 Å². The molecule has 4 heteroatoms. The van der Waals surface area contributed by atoms with E-state index in [4.69, 9.17) is 0 Å². The molecule has 0 saturated carbocycles. The molecule has 64 valence electrons. The van der Waals surface area contributed by atoms with Crippen LogP contribution in [0.4, 0.5) is 4.39 Å². The second-order valence-electron chi connectivity index (χ2n) is 2.41. The Kier molecular flexibility index (Phi) is 2.38. The third-order valence-electron chi connectivity index (χ3n) is 1.55. The van der Waals surface area contributed by atoms with Crippen LogP contribution in [0.2, 0.25) is 0 Å². The highest BCUT2D eigenvalue weighted by Gasteiger charge is 2.11. The van der Waals surface area contributed by atoms with Crippen molar-refractivity contribution in [3.8, 4) is 0 Å². The van der Waals surface area contributed by atoms with Crippen molar-refractivity contribution in [2.45, 2.75) is 12.8 Å². The fraction of sp³-hybridized carbons (Fsp3) is 0.250. The van der Waals surface area contributed by atoms with Crippen molar-refractivity contribution in [3.05, 3.63) is 29.8 Å². The topological polar surface area (TPSA) is 53.0 Å². The van der Waals surface area contributed by atoms with Crippen LogP contribution < -0.4 is 5.11 Å². The predicted molar refractivity (Wildman–Crippen MR) is 37.6 cm³/mol. The minimum atomic E-state index is -1.33. The number of halogens is 1. The number of carbonyl (C=O) groups excluding carboxylic acids is 1. The summed E-state index contributed by atoms with van der Waals surface area (Å²) in [4.78, 5) is 13.9. The first-order valence-electron chi connectivity index (χ1n) is 3.44. The van der Waals surface area contributed by atoms with E-state index in [1.165, 1.54) is 25.3 Å². The molecule has 0 bridgehead atoms. The summed E-state index contributed by atoms with van der Waals surface area (Å²) in [7, 11) is 0. The lowest BCUT2D eigenvalue weighted by atomic mass is 10.1. The van der Waals surface area contributed by atoms with E-state index in [1.54, 1.807) is 0 Å². The third-order valence-corrected chi connectivity index (χ3v) is 1.55. The van der Waals surface area contributed by atoms with Gasteiger partial charge in [0, 0.05) is 12.1 Å². The maximum Gasteiger partial charge on any atom is 0.145 e. The summed E-state index contributed by atoms with van der Waals surface area (Å²) in [5, 5.41) is 10.3. The van der Waals surface area contributed by atoms with Crippen LogP contribution in [0.15, 0.2) is 18.3 Å². The average molecular weight is 168 g/mol. The molecule has 0 saturated heterocycles. The fourth-order valence-electron chi connectivity index (χ4n) is 0.828. The number of carbonyl (C=O) groups is 1. The van der Waals surface area contributed by atoms with Crippen LogP contribution in [-0.4, -0.2) is 11.0 Å². The molecule has 1 heterocycles. The first-order valence-corrected chi connectivity index (χ1v) is 3.44. The number of aromatic nitrogens is 1. The molecule has 1 aromatic rings. The van der Waals surface area contributed by atoms with E-state index in [9.17, 15) is 14.3 Å². The zero-order valence-corrected chi connectivity index (χ0v) is 6.45. The number of rotatable bonds is 2. The fourth-order valence-corrected chi connectivity index (χ4v) is 0.828. The second kappa shape index (κ2) is 3.30. The van der Waals surface area contributed by atoms with Gasteiger partial charge in [-0.3, -0.25) is 4.98 Å². The molecule has 3 nitrogen and oxygen atoms in total. The number of aliphatic carboxylic acids is 1. The molecule has 1 atom stereocenters. The Morgan fingerprint density at radius 1 is 1.75 bits per heavy atom. The summed E-state index contributed by atoms with van der Waals surface area (Å²) in [5.41, 5.74) is -0.0856. The number of carboxylic acids is 1. The Morgan fingerprint density at radius 2 is 2.42 bits per heavy atom. The first kappa shape index (κ1) is 8.64. The number of pyridine rings is 1. The molecule has 0 radical (unpaired) electrons. The van der Waals surface area contributed by atoms with Gasteiger partial charge in [-0.2, -0.15) is 0 Å². The summed E-state index contributed by atoms with van der Waals surface area (Å²) in [6.07, 6.45) is 1.35. The van der Waals surface area contributed by atoms with E-state index in [0.717, 1.165) is 0 Å². The second-order valence-corrected chi connectivity index (χ2v) is 2.41. The highest BCUT2D eigenvalue weighted by molar-refractivity contribution is 5.72. The highest BCUT2D eigenvalue weighted by Crippen LogP contribution is 2.14. The Balaban J connectivity index is 3.02. The zero-order chi connectivity index (χ0) is 9.14. The molecule has 0 amide bonds. The van der Waals surface area contributed by atoms with Crippen molar-refractivity contribution >= 4 is 5.97 Å². The van der Waals surface area contributed by atoms with Crippen molar-refractivity contribution in [1.29, 1.82) is 0 Å². The number of carboxylic acid groups (broad SMARTS) is 1. The number of hydrogen-bond acceptors (Lipinski definition) is 3. The first-order chi connectivity index (χ1) is 5.63. The normalized spacial score (nSPS) is 12.5. The molecule has 1 unspecified atom stereocenters. The van der Waals surface area contributed by atoms with Crippen LogP contribution in [0.25, 0.3) is 0 Å². The van der Waals surface area contributed by atoms with Gasteiger partial charge in [-0.25, -0.2) is 4.39 Å². The van der Waals surface area contributed by atoms with Crippen LogP contribution in [0.3, 0.4) is 0 Å². The van der Waals surface area contributed by atoms with E-state index in [2.05, 4.69) is 4.98 Å². The Labute approximate surface area is 68.9 Å². The van der Waals surface area contributed by atoms with Crippen LogP contribution in [-0.2, 0) is 4.79 Å². The highest BCUT2D eigenvalue weighted by atomic mass is 19.1. The van der Waals surface area contributed by atoms with Gasteiger partial charge in [0.1, 0.15) is 5.82 Å². The van der Waals surface area contributed by atoms with Gasteiger partial charge < -0.3 is 9.90 Å². The van der Waals surface area contributed by atoms with Gasteiger partial charge in [-0.15, -0.1) is 0 Å². The quantitative estimate of drug-likeness (QED) is 0.628. The molecule has 12 heavy (non-hydrogen) atoms. The van der Waals surface area contributed by atoms with Crippen LogP contribution in [0.1, 0.15) is 18.5 Å². The molecule has 0 N–H and O–H groups in total. The average Bonchev–Trinajstić information content (AvgIpc) is 2.04. The SMILES string of the molecule is CC(C(=O)[O-])c1ncccc1F. The molecule has 0 aliphatic carbocycles. The third kappa shape index (κ3) is 1.58. The Hall–Kier alpha value is -1.45. The summed E-state index contributed by atoms with van der Waals surface area (Å²) < 4.78 is 12.8. The van der Waals surface area contributed by atoms with E-state index in [0.29, 0.717) is 0 Å². The lowest BCUT2D eigenvalue weighted by Crippen LogP contribution is -2.29. The molecule has 0 aromatic carbocycles.